The molecular formula is C20H19NO5S. The molecule has 7 heteroatoms. The lowest BCUT2D eigenvalue weighted by molar-refractivity contribution is 0.112. The second-order valence-electron chi connectivity index (χ2n) is 6.20. The first kappa shape index (κ1) is 18.8. The monoisotopic (exact) mass is 385 g/mol. The first-order valence-electron chi connectivity index (χ1n) is 8.47. The third kappa shape index (κ3) is 3.50. The van der Waals surface area contributed by atoms with Crippen LogP contribution in [0.25, 0.3) is 11.0 Å². The number of carbonyl (C=O) groups is 1. The van der Waals surface area contributed by atoms with Gasteiger partial charge in [-0.25, -0.2) is 13.2 Å². The van der Waals surface area contributed by atoms with Gasteiger partial charge in [0.15, 0.2) is 6.29 Å². The van der Waals surface area contributed by atoms with Gasteiger partial charge in [-0.2, -0.15) is 0 Å². The molecule has 0 fully saturated rings. The Morgan fingerprint density at radius 3 is 2.44 bits per heavy atom. The van der Waals surface area contributed by atoms with Gasteiger partial charge in [-0.1, -0.05) is 25.1 Å². The van der Waals surface area contributed by atoms with Crippen molar-refractivity contribution in [3.05, 3.63) is 64.5 Å². The van der Waals surface area contributed by atoms with Crippen molar-refractivity contribution in [3.63, 3.8) is 0 Å². The number of fused-ring (bicyclic) bond motifs is 1. The maximum Gasteiger partial charge on any atom is 0.346 e. The highest BCUT2D eigenvalue weighted by Crippen LogP contribution is 2.32. The molecule has 0 aliphatic heterocycles. The molecule has 0 atom stereocenters. The number of anilines is 1. The molecule has 6 nitrogen and oxygen atoms in total. The first-order valence-corrected chi connectivity index (χ1v) is 9.95. The third-order valence-corrected chi connectivity index (χ3v) is 6.11. The highest BCUT2D eigenvalue weighted by atomic mass is 32.2. The predicted octanol–water partition coefficient (Wildman–Crippen LogP) is 3.28. The van der Waals surface area contributed by atoms with Gasteiger partial charge in [-0.15, -0.1) is 0 Å². The van der Waals surface area contributed by atoms with E-state index in [9.17, 15) is 18.0 Å². The van der Waals surface area contributed by atoms with Gasteiger partial charge in [0.25, 0.3) is 0 Å². The summed E-state index contributed by atoms with van der Waals surface area (Å²) < 4.78 is 31.7. The number of sulfone groups is 1. The minimum Gasteiger partial charge on any atom is -0.422 e. The number of aldehydes is 1. The molecule has 0 radical (unpaired) electrons. The van der Waals surface area contributed by atoms with Crippen molar-refractivity contribution in [2.24, 2.45) is 0 Å². The van der Waals surface area contributed by atoms with E-state index in [0.29, 0.717) is 18.5 Å². The molecule has 0 saturated heterocycles. The Kier molecular flexibility index (Phi) is 5.14. The van der Waals surface area contributed by atoms with Crippen LogP contribution in [0.3, 0.4) is 0 Å². The van der Waals surface area contributed by atoms with Crippen LogP contribution in [0.2, 0.25) is 0 Å². The maximum absolute atomic E-state index is 13.2. The van der Waals surface area contributed by atoms with Crippen molar-refractivity contribution in [3.8, 4) is 0 Å². The molecule has 0 unspecified atom stereocenters. The molecule has 0 saturated carbocycles. The van der Waals surface area contributed by atoms with Gasteiger partial charge >= 0.3 is 5.63 Å². The standard InChI is InChI=1S/C20H19NO5S/c1-3-9-21(2)15-11-18-17(10-14(13-22)20(23)26-18)19(12-15)27(24,25)16-7-5-4-6-8-16/h4-8,10-13H,3,9H2,1-2H3. The summed E-state index contributed by atoms with van der Waals surface area (Å²) in [5.41, 5.74) is -0.279. The van der Waals surface area contributed by atoms with Crippen molar-refractivity contribution in [1.29, 1.82) is 0 Å². The molecule has 3 rings (SSSR count). The fraction of sp³-hybridized carbons (Fsp3) is 0.200. The summed E-state index contributed by atoms with van der Waals surface area (Å²) >= 11 is 0. The van der Waals surface area contributed by atoms with Gasteiger partial charge in [0.05, 0.1) is 9.79 Å². The SMILES string of the molecule is CCCN(C)c1cc(S(=O)(=O)c2ccccc2)c2cc(C=O)c(=O)oc2c1. The number of benzene rings is 2. The molecule has 140 valence electrons. The Hall–Kier alpha value is -2.93. The van der Waals surface area contributed by atoms with E-state index in [2.05, 4.69) is 0 Å². The molecule has 0 spiro atoms. The van der Waals surface area contributed by atoms with E-state index < -0.39 is 15.5 Å². The Morgan fingerprint density at radius 2 is 1.81 bits per heavy atom. The highest BCUT2D eigenvalue weighted by Gasteiger charge is 2.23. The van der Waals surface area contributed by atoms with Crippen molar-refractivity contribution in [1.82, 2.24) is 0 Å². The average Bonchev–Trinajstić information content (AvgIpc) is 2.67. The molecule has 1 heterocycles. The Balaban J connectivity index is 2.37. The van der Waals surface area contributed by atoms with Crippen LogP contribution in [0.15, 0.2) is 67.5 Å². The maximum atomic E-state index is 13.2. The van der Waals surface area contributed by atoms with Gasteiger partial charge in [0.1, 0.15) is 11.1 Å². The van der Waals surface area contributed by atoms with Gasteiger partial charge < -0.3 is 9.32 Å². The van der Waals surface area contributed by atoms with Crippen molar-refractivity contribution in [2.75, 3.05) is 18.5 Å². The molecule has 0 aliphatic carbocycles. The first-order chi connectivity index (χ1) is 12.9. The van der Waals surface area contributed by atoms with Gasteiger partial charge in [-0.3, -0.25) is 4.79 Å². The predicted molar refractivity (Wildman–Crippen MR) is 103 cm³/mol. The smallest absolute Gasteiger partial charge is 0.346 e. The lowest BCUT2D eigenvalue weighted by Crippen LogP contribution is -2.18. The Bertz CT molecular complexity index is 1150. The van der Waals surface area contributed by atoms with Crippen LogP contribution < -0.4 is 10.5 Å². The van der Waals surface area contributed by atoms with Crippen LogP contribution >= 0.6 is 0 Å². The van der Waals surface area contributed by atoms with Crippen molar-refractivity contribution in [2.45, 2.75) is 23.1 Å². The zero-order valence-corrected chi connectivity index (χ0v) is 15.8. The Labute approximate surface area is 157 Å². The quantitative estimate of drug-likeness (QED) is 0.478. The van der Waals surface area contributed by atoms with Crippen LogP contribution in [-0.4, -0.2) is 28.3 Å². The minimum absolute atomic E-state index is 0.00370. The molecule has 27 heavy (non-hydrogen) atoms. The lowest BCUT2D eigenvalue weighted by atomic mass is 10.1. The molecule has 0 aliphatic rings. The van der Waals surface area contributed by atoms with Crippen LogP contribution in [0.5, 0.6) is 0 Å². The van der Waals surface area contributed by atoms with Crippen LogP contribution in [0.1, 0.15) is 23.7 Å². The minimum atomic E-state index is -3.88. The van der Waals surface area contributed by atoms with Gasteiger partial charge in [-0.05, 0) is 30.7 Å². The van der Waals surface area contributed by atoms with Crippen molar-refractivity contribution < 1.29 is 17.6 Å². The summed E-state index contributed by atoms with van der Waals surface area (Å²) in [6, 6.07) is 12.4. The van der Waals surface area contributed by atoms with Crippen LogP contribution in [0, 0.1) is 0 Å². The summed E-state index contributed by atoms with van der Waals surface area (Å²) in [6.07, 6.45) is 1.23. The van der Waals surface area contributed by atoms with E-state index in [0.717, 1.165) is 6.42 Å². The van der Waals surface area contributed by atoms with Crippen molar-refractivity contribution >= 4 is 32.8 Å². The van der Waals surface area contributed by atoms with Gasteiger partial charge in [0.2, 0.25) is 9.84 Å². The van der Waals surface area contributed by atoms with E-state index in [-0.39, 0.29) is 26.3 Å². The molecule has 0 amide bonds. The zero-order valence-electron chi connectivity index (χ0n) is 15.0. The van der Waals surface area contributed by atoms with E-state index in [1.54, 1.807) is 30.3 Å². The molecule has 0 bridgehead atoms. The number of hydrogen-bond donors (Lipinski definition) is 0. The number of nitrogens with zero attached hydrogens (tertiary/aromatic N) is 1. The Morgan fingerprint density at radius 1 is 1.11 bits per heavy atom. The summed E-state index contributed by atoms with van der Waals surface area (Å²) in [6.45, 7) is 2.71. The molecule has 2 aromatic carbocycles. The average molecular weight is 385 g/mol. The van der Waals surface area contributed by atoms with E-state index in [1.165, 1.54) is 18.2 Å². The van der Waals surface area contributed by atoms with Crippen LogP contribution in [-0.2, 0) is 9.84 Å². The summed E-state index contributed by atoms with van der Waals surface area (Å²) in [5.74, 6) is 0. The summed E-state index contributed by atoms with van der Waals surface area (Å²) in [7, 11) is -2.04. The fourth-order valence-corrected chi connectivity index (χ4v) is 4.40. The molecule has 1 aromatic heterocycles. The molecule has 3 aromatic rings. The largest absolute Gasteiger partial charge is 0.422 e. The number of hydrogen-bond acceptors (Lipinski definition) is 6. The van der Waals surface area contributed by atoms with Crippen LogP contribution in [0.4, 0.5) is 5.69 Å². The van der Waals surface area contributed by atoms with E-state index >= 15 is 0 Å². The highest BCUT2D eigenvalue weighted by molar-refractivity contribution is 7.91. The number of carbonyl (C=O) groups excluding carboxylic acids is 1. The second kappa shape index (κ2) is 7.36. The summed E-state index contributed by atoms with van der Waals surface area (Å²) in [5, 5.41) is 0.203. The zero-order chi connectivity index (χ0) is 19.6. The topological polar surface area (TPSA) is 84.7 Å². The summed E-state index contributed by atoms with van der Waals surface area (Å²) in [4.78, 5) is 25.1. The van der Waals surface area contributed by atoms with E-state index in [4.69, 9.17) is 4.42 Å². The third-order valence-electron chi connectivity index (χ3n) is 4.30. The van der Waals surface area contributed by atoms with Gasteiger partial charge in [0, 0.05) is 30.7 Å². The number of rotatable bonds is 6. The normalized spacial score (nSPS) is 11.5. The second-order valence-corrected chi connectivity index (χ2v) is 8.12. The van der Waals surface area contributed by atoms with E-state index in [1.807, 2.05) is 18.9 Å². The molecular weight excluding hydrogens is 366 g/mol. The lowest BCUT2D eigenvalue weighted by Gasteiger charge is -2.20. The fourth-order valence-electron chi connectivity index (χ4n) is 2.90. The molecule has 0 N–H and O–H groups in total.